The van der Waals surface area contributed by atoms with Crippen LogP contribution in [-0.4, -0.2) is 26.8 Å². The summed E-state index contributed by atoms with van der Waals surface area (Å²) < 4.78 is 60.2. The number of ether oxygens (including phenoxy) is 1. The van der Waals surface area contributed by atoms with Gasteiger partial charge in [-0.25, -0.2) is 4.39 Å². The fraction of sp³-hybridized carbons (Fsp3) is 0.278. The summed E-state index contributed by atoms with van der Waals surface area (Å²) in [7, 11) is 1.46. The molecule has 1 amide bonds. The van der Waals surface area contributed by atoms with Crippen LogP contribution in [0.15, 0.2) is 30.3 Å². The lowest BCUT2D eigenvalue weighted by molar-refractivity contribution is -0.136. The molecule has 1 atom stereocenters. The number of hydrogen-bond acceptors (Lipinski definition) is 4. The van der Waals surface area contributed by atoms with Crippen LogP contribution in [0.5, 0.6) is 5.88 Å². The van der Waals surface area contributed by atoms with Gasteiger partial charge in [0.15, 0.2) is 11.8 Å². The molecule has 0 radical (unpaired) electrons. The molecule has 0 spiro atoms. The van der Waals surface area contributed by atoms with Crippen molar-refractivity contribution in [2.24, 2.45) is 7.05 Å². The van der Waals surface area contributed by atoms with Gasteiger partial charge in [-0.2, -0.15) is 23.3 Å². The van der Waals surface area contributed by atoms with Gasteiger partial charge in [0.05, 0.1) is 16.6 Å². The third kappa shape index (κ3) is 3.90. The van der Waals surface area contributed by atoms with Gasteiger partial charge in [0.1, 0.15) is 5.82 Å². The predicted molar refractivity (Wildman–Crippen MR) is 93.4 cm³/mol. The molecule has 10 heteroatoms. The first-order chi connectivity index (χ1) is 13.1. The Kier molecular flexibility index (Phi) is 4.97. The molecule has 2 heterocycles. The van der Waals surface area contributed by atoms with E-state index in [0.717, 1.165) is 12.1 Å². The normalized spacial score (nSPS) is 12.8. The molecule has 0 aliphatic rings. The third-order valence-electron chi connectivity index (χ3n) is 4.01. The van der Waals surface area contributed by atoms with Crippen LogP contribution in [0.4, 0.5) is 23.2 Å². The topological polar surface area (TPSA) is 69.0 Å². The number of halogens is 4. The number of carbonyl (C=O) groups is 1. The van der Waals surface area contributed by atoms with Gasteiger partial charge in [0.25, 0.3) is 5.91 Å². The number of benzene rings is 1. The molecule has 0 fully saturated rings. The molecule has 28 heavy (non-hydrogen) atoms. The van der Waals surface area contributed by atoms with Gasteiger partial charge in [-0.3, -0.25) is 9.48 Å². The lowest BCUT2D eigenvalue weighted by Crippen LogP contribution is -2.30. The minimum absolute atomic E-state index is 0.0138. The van der Waals surface area contributed by atoms with Crippen molar-refractivity contribution < 1.29 is 27.1 Å². The number of fused-ring (bicyclic) bond motifs is 1. The van der Waals surface area contributed by atoms with E-state index in [2.05, 4.69) is 15.4 Å². The van der Waals surface area contributed by atoms with Crippen LogP contribution < -0.4 is 10.1 Å². The SMILES string of the molecule is Cc1nn(C)c2nc(O[C@@H](C)C(=O)Nc3cccc(F)c3)cc(C(F)(F)F)c12. The van der Waals surface area contributed by atoms with Crippen LogP contribution in [0.3, 0.4) is 0 Å². The number of aryl methyl sites for hydroxylation is 2. The number of aromatic nitrogens is 3. The second kappa shape index (κ2) is 7.10. The van der Waals surface area contributed by atoms with Gasteiger partial charge in [-0.05, 0) is 32.0 Å². The molecule has 0 aliphatic carbocycles. The average molecular weight is 396 g/mol. The number of nitrogens with one attached hydrogen (secondary N) is 1. The molecule has 3 rings (SSSR count). The minimum atomic E-state index is -4.65. The summed E-state index contributed by atoms with van der Waals surface area (Å²) in [6.45, 7) is 2.80. The van der Waals surface area contributed by atoms with Crippen molar-refractivity contribution in [1.82, 2.24) is 14.8 Å². The van der Waals surface area contributed by atoms with E-state index in [1.165, 1.54) is 43.8 Å². The van der Waals surface area contributed by atoms with Crippen LogP contribution in [0, 0.1) is 12.7 Å². The van der Waals surface area contributed by atoms with Crippen molar-refractivity contribution in [3.63, 3.8) is 0 Å². The number of nitrogens with zero attached hydrogens (tertiary/aromatic N) is 3. The molecule has 0 unspecified atom stereocenters. The highest BCUT2D eigenvalue weighted by atomic mass is 19.4. The van der Waals surface area contributed by atoms with Gasteiger partial charge in [0.2, 0.25) is 5.88 Å². The van der Waals surface area contributed by atoms with Crippen molar-refractivity contribution >= 4 is 22.6 Å². The molecule has 0 aliphatic heterocycles. The summed E-state index contributed by atoms with van der Waals surface area (Å²) in [5.74, 6) is -1.58. The first kappa shape index (κ1) is 19.6. The van der Waals surface area contributed by atoms with Gasteiger partial charge < -0.3 is 10.1 Å². The number of hydrogen-bond donors (Lipinski definition) is 1. The van der Waals surface area contributed by atoms with Gasteiger partial charge in [0, 0.05) is 18.8 Å². The van der Waals surface area contributed by atoms with Crippen molar-refractivity contribution in [1.29, 1.82) is 0 Å². The van der Waals surface area contributed by atoms with E-state index < -0.39 is 29.6 Å². The summed E-state index contributed by atoms with van der Waals surface area (Å²) in [4.78, 5) is 16.3. The molecule has 6 nitrogen and oxygen atoms in total. The van der Waals surface area contributed by atoms with Crippen molar-refractivity contribution in [3.8, 4) is 5.88 Å². The van der Waals surface area contributed by atoms with Crippen LogP contribution >= 0.6 is 0 Å². The van der Waals surface area contributed by atoms with E-state index in [0.29, 0.717) is 0 Å². The van der Waals surface area contributed by atoms with Crippen LogP contribution in [-0.2, 0) is 18.0 Å². The Morgan fingerprint density at radius 3 is 2.64 bits per heavy atom. The highest BCUT2D eigenvalue weighted by Gasteiger charge is 2.36. The number of anilines is 1. The van der Waals surface area contributed by atoms with E-state index in [9.17, 15) is 22.4 Å². The number of pyridine rings is 1. The van der Waals surface area contributed by atoms with E-state index >= 15 is 0 Å². The third-order valence-corrected chi connectivity index (χ3v) is 4.01. The fourth-order valence-corrected chi connectivity index (χ4v) is 2.75. The number of alkyl halides is 3. The van der Waals surface area contributed by atoms with Crippen molar-refractivity contribution in [2.45, 2.75) is 26.1 Å². The Labute approximate surface area is 157 Å². The first-order valence-electron chi connectivity index (χ1n) is 8.21. The molecule has 0 saturated carbocycles. The maximum Gasteiger partial charge on any atom is 0.417 e. The Morgan fingerprint density at radius 1 is 1.29 bits per heavy atom. The predicted octanol–water partition coefficient (Wildman–Crippen LogP) is 3.84. The van der Waals surface area contributed by atoms with Crippen LogP contribution in [0.1, 0.15) is 18.2 Å². The zero-order chi connectivity index (χ0) is 20.6. The fourth-order valence-electron chi connectivity index (χ4n) is 2.75. The quantitative estimate of drug-likeness (QED) is 0.681. The highest BCUT2D eigenvalue weighted by Crippen LogP contribution is 2.37. The molecular formula is C18H16F4N4O2. The van der Waals surface area contributed by atoms with Crippen LogP contribution in [0.25, 0.3) is 11.0 Å². The number of carbonyl (C=O) groups excluding carboxylic acids is 1. The highest BCUT2D eigenvalue weighted by molar-refractivity contribution is 5.94. The van der Waals surface area contributed by atoms with E-state index in [4.69, 9.17) is 4.74 Å². The minimum Gasteiger partial charge on any atom is -0.464 e. The van der Waals surface area contributed by atoms with Crippen molar-refractivity contribution in [2.75, 3.05) is 5.32 Å². The molecule has 1 aromatic carbocycles. The monoisotopic (exact) mass is 396 g/mol. The Morgan fingerprint density at radius 2 is 2.00 bits per heavy atom. The van der Waals surface area contributed by atoms with Crippen LogP contribution in [0.2, 0.25) is 0 Å². The maximum atomic E-state index is 13.5. The largest absolute Gasteiger partial charge is 0.464 e. The number of amides is 1. The molecule has 2 aromatic heterocycles. The van der Waals surface area contributed by atoms with E-state index in [1.54, 1.807) is 0 Å². The van der Waals surface area contributed by atoms with E-state index in [1.807, 2.05) is 0 Å². The Balaban J connectivity index is 1.89. The summed E-state index contributed by atoms with van der Waals surface area (Å²) in [6.07, 6.45) is -5.83. The summed E-state index contributed by atoms with van der Waals surface area (Å²) >= 11 is 0. The molecule has 1 N–H and O–H groups in total. The zero-order valence-electron chi connectivity index (χ0n) is 15.1. The molecular weight excluding hydrogens is 380 g/mol. The Hall–Kier alpha value is -3.17. The summed E-state index contributed by atoms with van der Waals surface area (Å²) in [5.41, 5.74) is -0.584. The lowest BCUT2D eigenvalue weighted by atomic mass is 10.1. The van der Waals surface area contributed by atoms with Gasteiger partial charge in [-0.1, -0.05) is 6.07 Å². The summed E-state index contributed by atoms with van der Waals surface area (Å²) in [5, 5.41) is 6.27. The zero-order valence-corrected chi connectivity index (χ0v) is 15.1. The van der Waals surface area contributed by atoms with Gasteiger partial charge in [-0.15, -0.1) is 0 Å². The average Bonchev–Trinajstić information content (AvgIpc) is 2.87. The standard InChI is InChI=1S/C18H16F4N4O2/c1-9-15-13(18(20,21)22)8-14(24-16(15)26(3)25-9)28-10(2)17(27)23-12-6-4-5-11(19)7-12/h4-8,10H,1-3H3,(H,23,27)/t10-/m0/s1. The molecule has 0 saturated heterocycles. The Bertz CT molecular complexity index is 1050. The van der Waals surface area contributed by atoms with Gasteiger partial charge >= 0.3 is 6.18 Å². The molecule has 148 valence electrons. The molecule has 0 bridgehead atoms. The smallest absolute Gasteiger partial charge is 0.417 e. The lowest BCUT2D eigenvalue weighted by Gasteiger charge is -2.16. The van der Waals surface area contributed by atoms with Crippen molar-refractivity contribution in [3.05, 3.63) is 47.4 Å². The summed E-state index contributed by atoms with van der Waals surface area (Å²) in [6, 6.07) is 5.94. The second-order valence-corrected chi connectivity index (χ2v) is 6.17. The van der Waals surface area contributed by atoms with E-state index in [-0.39, 0.29) is 28.3 Å². The first-order valence-corrected chi connectivity index (χ1v) is 8.21. The maximum absolute atomic E-state index is 13.5. The second-order valence-electron chi connectivity index (χ2n) is 6.17. The number of rotatable bonds is 4. The molecule has 3 aromatic rings.